The van der Waals surface area contributed by atoms with Crippen LogP contribution in [-0.2, 0) is 4.79 Å². The molecule has 0 bridgehead atoms. The predicted molar refractivity (Wildman–Crippen MR) is 76.1 cm³/mol. The van der Waals surface area contributed by atoms with Crippen molar-refractivity contribution in [2.24, 2.45) is 5.92 Å². The van der Waals surface area contributed by atoms with Crippen molar-refractivity contribution in [1.29, 1.82) is 0 Å². The molecule has 0 radical (unpaired) electrons. The Kier molecular flexibility index (Phi) is 4.27. The van der Waals surface area contributed by atoms with Gasteiger partial charge in [0.25, 0.3) is 0 Å². The van der Waals surface area contributed by atoms with Crippen molar-refractivity contribution >= 4 is 38.4 Å². The van der Waals surface area contributed by atoms with Gasteiger partial charge < -0.3 is 10.4 Å². The zero-order valence-electron chi connectivity index (χ0n) is 10.3. The number of halogens is 1. The van der Waals surface area contributed by atoms with Gasteiger partial charge in [0, 0.05) is 5.38 Å². The second kappa shape index (κ2) is 5.57. The molecule has 1 aliphatic carbocycles. The first-order chi connectivity index (χ1) is 8.55. The topological polar surface area (TPSA) is 62.2 Å². The van der Waals surface area contributed by atoms with Crippen LogP contribution in [0.1, 0.15) is 39.0 Å². The zero-order chi connectivity index (χ0) is 13.2. The number of carbonyl (C=O) groups is 1. The Morgan fingerprint density at radius 3 is 2.78 bits per heavy atom. The number of hydrogen-bond acceptors (Lipinski definition) is 4. The van der Waals surface area contributed by atoms with E-state index < -0.39 is 11.5 Å². The predicted octanol–water partition coefficient (Wildman–Crippen LogP) is 3.74. The number of nitrogens with one attached hydrogen (secondary N) is 1. The van der Waals surface area contributed by atoms with Crippen molar-refractivity contribution in [1.82, 2.24) is 4.98 Å². The first-order valence-corrected chi connectivity index (χ1v) is 7.85. The quantitative estimate of drug-likeness (QED) is 0.881. The summed E-state index contributed by atoms with van der Waals surface area (Å²) in [6.07, 6.45) is 4.44. The van der Waals surface area contributed by atoms with Crippen LogP contribution < -0.4 is 5.32 Å². The number of nitrogens with zero attached hydrogens (tertiary/aromatic N) is 1. The van der Waals surface area contributed by atoms with Gasteiger partial charge in [0.15, 0.2) is 5.13 Å². The Balaban J connectivity index is 2.11. The first kappa shape index (κ1) is 13.8. The molecule has 0 spiro atoms. The van der Waals surface area contributed by atoms with E-state index >= 15 is 0 Å². The molecular weight excluding hydrogens is 316 g/mol. The number of hydrogen-bond donors (Lipinski definition) is 2. The molecule has 1 aromatic rings. The number of rotatable bonds is 4. The van der Waals surface area contributed by atoms with E-state index in [1.807, 2.05) is 5.38 Å². The highest BCUT2D eigenvalue weighted by molar-refractivity contribution is 9.10. The normalized spacial score (nSPS) is 28.0. The number of thiazole rings is 1. The molecule has 0 atom stereocenters. The Morgan fingerprint density at radius 1 is 1.67 bits per heavy atom. The van der Waals surface area contributed by atoms with Crippen molar-refractivity contribution < 1.29 is 9.90 Å². The molecule has 0 aliphatic heterocycles. The highest BCUT2D eigenvalue weighted by atomic mass is 79.9. The van der Waals surface area contributed by atoms with Crippen LogP contribution in [0, 0.1) is 5.92 Å². The van der Waals surface area contributed by atoms with Crippen LogP contribution >= 0.6 is 27.3 Å². The molecule has 100 valence electrons. The number of anilines is 1. The third-order valence-corrected chi connectivity index (χ3v) is 5.23. The van der Waals surface area contributed by atoms with Crippen molar-refractivity contribution in [3.63, 3.8) is 0 Å². The number of aliphatic carboxylic acids is 1. The van der Waals surface area contributed by atoms with Crippen LogP contribution in [0.4, 0.5) is 5.13 Å². The minimum Gasteiger partial charge on any atom is -0.480 e. The van der Waals surface area contributed by atoms with Crippen molar-refractivity contribution in [3.8, 4) is 0 Å². The third-order valence-electron chi connectivity index (χ3n) is 3.77. The summed E-state index contributed by atoms with van der Waals surface area (Å²) >= 11 is 4.72. The molecule has 0 aromatic carbocycles. The van der Waals surface area contributed by atoms with E-state index in [9.17, 15) is 9.90 Å². The van der Waals surface area contributed by atoms with Gasteiger partial charge in [-0.25, -0.2) is 9.78 Å². The van der Waals surface area contributed by atoms with Gasteiger partial charge in [0.2, 0.25) is 0 Å². The van der Waals surface area contributed by atoms with Crippen LogP contribution in [0.3, 0.4) is 0 Å². The lowest BCUT2D eigenvalue weighted by molar-refractivity contribution is -0.143. The van der Waals surface area contributed by atoms with Crippen LogP contribution in [0.15, 0.2) is 9.98 Å². The zero-order valence-corrected chi connectivity index (χ0v) is 12.7. The molecule has 0 saturated heterocycles. The minimum absolute atomic E-state index is 0.669. The molecule has 2 N–H and O–H groups in total. The summed E-state index contributed by atoms with van der Waals surface area (Å²) in [5, 5.41) is 15.2. The van der Waals surface area contributed by atoms with E-state index in [-0.39, 0.29) is 0 Å². The van der Waals surface area contributed by atoms with Crippen molar-refractivity contribution in [2.45, 2.75) is 44.6 Å². The molecule has 18 heavy (non-hydrogen) atoms. The lowest BCUT2D eigenvalue weighted by Gasteiger charge is -2.37. The summed E-state index contributed by atoms with van der Waals surface area (Å²) in [6.45, 7) is 2.17. The lowest BCUT2D eigenvalue weighted by atomic mass is 9.75. The standard InChI is InChI=1S/C12H17BrN2O2S/c1-2-8-3-5-12(6-4-8,10(16)17)15-11-14-9(13)7-18-11/h7-8H,2-6H2,1H3,(H,14,15)(H,16,17). The summed E-state index contributed by atoms with van der Waals surface area (Å²) in [5.41, 5.74) is -0.830. The molecular formula is C12H17BrN2O2S. The Morgan fingerprint density at radius 2 is 2.33 bits per heavy atom. The van der Waals surface area contributed by atoms with Crippen molar-refractivity contribution in [2.75, 3.05) is 5.32 Å². The lowest BCUT2D eigenvalue weighted by Crippen LogP contribution is -2.49. The largest absolute Gasteiger partial charge is 0.480 e. The maximum Gasteiger partial charge on any atom is 0.329 e. The van der Waals surface area contributed by atoms with Crippen LogP contribution in [0.25, 0.3) is 0 Å². The highest BCUT2D eigenvalue weighted by Gasteiger charge is 2.42. The van der Waals surface area contributed by atoms with Gasteiger partial charge in [-0.1, -0.05) is 13.3 Å². The van der Waals surface area contributed by atoms with Gasteiger partial charge in [-0.3, -0.25) is 0 Å². The summed E-state index contributed by atoms with van der Waals surface area (Å²) in [4.78, 5) is 15.8. The monoisotopic (exact) mass is 332 g/mol. The molecule has 1 aliphatic rings. The van der Waals surface area contributed by atoms with Gasteiger partial charge in [-0.05, 0) is 47.5 Å². The minimum atomic E-state index is -0.830. The van der Waals surface area contributed by atoms with Crippen LogP contribution in [0.2, 0.25) is 0 Å². The van der Waals surface area contributed by atoms with Crippen LogP contribution in [-0.4, -0.2) is 21.6 Å². The molecule has 2 rings (SSSR count). The number of carboxylic acids is 1. The second-order valence-corrected chi connectivity index (χ2v) is 6.51. The molecule has 0 unspecified atom stereocenters. The van der Waals surface area contributed by atoms with E-state index in [1.54, 1.807) is 0 Å². The first-order valence-electron chi connectivity index (χ1n) is 6.18. The van der Waals surface area contributed by atoms with Gasteiger partial charge in [0.1, 0.15) is 10.1 Å². The van der Waals surface area contributed by atoms with E-state index in [0.717, 1.165) is 23.9 Å². The third kappa shape index (κ3) is 2.85. The van der Waals surface area contributed by atoms with E-state index in [4.69, 9.17) is 0 Å². The Labute approximate surface area is 119 Å². The fourth-order valence-corrected chi connectivity index (χ4v) is 3.73. The summed E-state index contributed by atoms with van der Waals surface area (Å²) in [5.74, 6) is -0.0920. The van der Waals surface area contributed by atoms with Crippen LogP contribution in [0.5, 0.6) is 0 Å². The van der Waals surface area contributed by atoms with Gasteiger partial charge in [-0.2, -0.15) is 0 Å². The van der Waals surface area contributed by atoms with Crippen molar-refractivity contribution in [3.05, 3.63) is 9.98 Å². The maximum atomic E-state index is 11.6. The highest BCUT2D eigenvalue weighted by Crippen LogP contribution is 2.37. The van der Waals surface area contributed by atoms with E-state index in [2.05, 4.69) is 33.2 Å². The average molecular weight is 333 g/mol. The number of aromatic nitrogens is 1. The smallest absolute Gasteiger partial charge is 0.329 e. The second-order valence-electron chi connectivity index (χ2n) is 4.84. The molecule has 1 heterocycles. The van der Waals surface area contributed by atoms with Gasteiger partial charge >= 0.3 is 5.97 Å². The SMILES string of the molecule is CCC1CCC(Nc2nc(Br)cs2)(C(=O)O)CC1. The maximum absolute atomic E-state index is 11.6. The van der Waals surface area contributed by atoms with Gasteiger partial charge in [0.05, 0.1) is 0 Å². The molecule has 4 nitrogen and oxygen atoms in total. The van der Waals surface area contributed by atoms with Gasteiger partial charge in [-0.15, -0.1) is 11.3 Å². The summed E-state index contributed by atoms with van der Waals surface area (Å²) in [7, 11) is 0. The van der Waals surface area contributed by atoms with E-state index in [0.29, 0.717) is 23.9 Å². The average Bonchev–Trinajstić information content (AvgIpc) is 2.75. The van der Waals surface area contributed by atoms with E-state index in [1.165, 1.54) is 11.3 Å². The molecule has 1 aromatic heterocycles. The molecule has 6 heteroatoms. The fraction of sp³-hybridized carbons (Fsp3) is 0.667. The number of carboxylic acid groups (broad SMARTS) is 1. The molecule has 0 amide bonds. The summed E-state index contributed by atoms with van der Waals surface area (Å²) in [6, 6.07) is 0. The Bertz CT molecular complexity index is 427. The molecule has 1 saturated carbocycles. The Hall–Kier alpha value is -0.620. The molecule has 1 fully saturated rings. The fourth-order valence-electron chi connectivity index (χ4n) is 2.49. The summed E-state index contributed by atoms with van der Waals surface area (Å²) < 4.78 is 0.748.